The molecule has 1 N–H and O–H groups in total. The molecule has 0 aliphatic heterocycles. The van der Waals surface area contributed by atoms with E-state index in [-0.39, 0.29) is 5.82 Å². The molecule has 0 radical (unpaired) electrons. The number of nitrogens with one attached hydrogen (secondary N) is 1. The van der Waals surface area contributed by atoms with Gasteiger partial charge in [-0.3, -0.25) is 0 Å². The molecule has 1 aromatic rings. The largest absolute Gasteiger partial charge is 0.314 e. The van der Waals surface area contributed by atoms with E-state index >= 15 is 0 Å². The Hall–Kier alpha value is -0.410. The fourth-order valence-electron chi connectivity index (χ4n) is 3.14. The first kappa shape index (κ1) is 15.0. The Morgan fingerprint density at radius 2 is 2.05 bits per heavy atom. The monoisotopic (exact) mass is 327 g/mol. The van der Waals surface area contributed by atoms with Crippen LogP contribution in [0.1, 0.15) is 44.6 Å². The second kappa shape index (κ2) is 7.39. The van der Waals surface area contributed by atoms with Crippen LogP contribution in [0.3, 0.4) is 0 Å². The van der Waals surface area contributed by atoms with Gasteiger partial charge in [-0.05, 0) is 55.5 Å². The highest BCUT2D eigenvalue weighted by Crippen LogP contribution is 2.28. The smallest absolute Gasteiger partial charge is 0.126 e. The molecule has 2 unspecified atom stereocenters. The van der Waals surface area contributed by atoms with Crippen molar-refractivity contribution in [3.05, 3.63) is 34.1 Å². The SMILES string of the molecule is CCNC1CCCCCC1Cc1cc(Br)ccc1F. The zero-order valence-corrected chi connectivity index (χ0v) is 13.2. The summed E-state index contributed by atoms with van der Waals surface area (Å²) < 4.78 is 14.9. The molecule has 0 heterocycles. The third kappa shape index (κ3) is 4.28. The first-order valence-corrected chi connectivity index (χ1v) is 8.17. The maximum Gasteiger partial charge on any atom is 0.126 e. The number of rotatable bonds is 4. The minimum absolute atomic E-state index is 0.0669. The maximum atomic E-state index is 13.9. The molecule has 1 aliphatic carbocycles. The molecular weight excluding hydrogens is 305 g/mol. The quantitative estimate of drug-likeness (QED) is 0.791. The van der Waals surface area contributed by atoms with E-state index < -0.39 is 0 Å². The lowest BCUT2D eigenvalue weighted by Gasteiger charge is -2.26. The summed E-state index contributed by atoms with van der Waals surface area (Å²) in [5.41, 5.74) is 0.851. The van der Waals surface area contributed by atoms with Crippen LogP contribution in [0, 0.1) is 11.7 Å². The standard InChI is InChI=1S/C16H23BrFN/c1-2-19-16-7-5-3-4-6-12(16)10-13-11-14(17)8-9-15(13)18/h8-9,11-12,16,19H,2-7,10H2,1H3. The predicted octanol–water partition coefficient (Wildman–Crippen LogP) is 4.69. The minimum atomic E-state index is -0.0669. The second-order valence-electron chi connectivity index (χ2n) is 5.50. The Balaban J connectivity index is 2.11. The van der Waals surface area contributed by atoms with E-state index in [0.717, 1.165) is 23.0 Å². The van der Waals surface area contributed by atoms with E-state index in [1.165, 1.54) is 32.1 Å². The molecule has 3 heteroatoms. The van der Waals surface area contributed by atoms with Crippen LogP contribution in [0.15, 0.2) is 22.7 Å². The normalized spacial score (nSPS) is 24.2. The molecule has 0 bridgehead atoms. The van der Waals surface area contributed by atoms with Crippen LogP contribution in [0.5, 0.6) is 0 Å². The molecule has 1 aliphatic rings. The van der Waals surface area contributed by atoms with E-state index in [0.29, 0.717) is 12.0 Å². The molecule has 106 valence electrons. The van der Waals surface area contributed by atoms with Crippen molar-refractivity contribution >= 4 is 15.9 Å². The van der Waals surface area contributed by atoms with Gasteiger partial charge in [0.05, 0.1) is 0 Å². The molecule has 0 aromatic heterocycles. The molecule has 1 saturated carbocycles. The van der Waals surface area contributed by atoms with Gasteiger partial charge in [0.2, 0.25) is 0 Å². The van der Waals surface area contributed by atoms with Crippen molar-refractivity contribution in [2.45, 2.75) is 51.5 Å². The molecule has 2 atom stereocenters. The van der Waals surface area contributed by atoms with Gasteiger partial charge in [-0.1, -0.05) is 42.1 Å². The highest BCUT2D eigenvalue weighted by atomic mass is 79.9. The summed E-state index contributed by atoms with van der Waals surface area (Å²) in [7, 11) is 0. The molecule has 2 rings (SSSR count). The molecule has 1 nitrogen and oxygen atoms in total. The van der Waals surface area contributed by atoms with Crippen molar-refractivity contribution in [1.82, 2.24) is 5.32 Å². The van der Waals surface area contributed by atoms with Crippen LogP contribution >= 0.6 is 15.9 Å². The lowest BCUT2D eigenvalue weighted by molar-refractivity contribution is 0.334. The summed E-state index contributed by atoms with van der Waals surface area (Å²) in [6.07, 6.45) is 7.19. The summed E-state index contributed by atoms with van der Waals surface area (Å²) >= 11 is 3.44. The third-order valence-electron chi connectivity index (χ3n) is 4.12. The van der Waals surface area contributed by atoms with Gasteiger partial charge in [0, 0.05) is 10.5 Å². The van der Waals surface area contributed by atoms with E-state index in [9.17, 15) is 4.39 Å². The van der Waals surface area contributed by atoms with Crippen LogP contribution in [-0.4, -0.2) is 12.6 Å². The van der Waals surface area contributed by atoms with Crippen molar-refractivity contribution in [3.8, 4) is 0 Å². The fraction of sp³-hybridized carbons (Fsp3) is 0.625. The summed E-state index contributed by atoms with van der Waals surface area (Å²) in [4.78, 5) is 0. The molecular formula is C16H23BrFN. The second-order valence-corrected chi connectivity index (χ2v) is 6.42. The Bertz CT molecular complexity index is 408. The first-order chi connectivity index (χ1) is 9.20. The van der Waals surface area contributed by atoms with Crippen LogP contribution < -0.4 is 5.32 Å². The number of hydrogen-bond acceptors (Lipinski definition) is 1. The lowest BCUT2D eigenvalue weighted by atomic mass is 9.88. The minimum Gasteiger partial charge on any atom is -0.314 e. The van der Waals surface area contributed by atoms with Gasteiger partial charge < -0.3 is 5.32 Å². The van der Waals surface area contributed by atoms with Crippen molar-refractivity contribution in [2.24, 2.45) is 5.92 Å². The average Bonchev–Trinajstić information content (AvgIpc) is 2.60. The van der Waals surface area contributed by atoms with E-state index in [4.69, 9.17) is 0 Å². The van der Waals surface area contributed by atoms with Crippen LogP contribution in [0.25, 0.3) is 0 Å². The summed E-state index contributed by atoms with van der Waals surface area (Å²) in [6.45, 7) is 3.16. The maximum absolute atomic E-state index is 13.9. The van der Waals surface area contributed by atoms with Crippen LogP contribution in [0.2, 0.25) is 0 Å². The first-order valence-electron chi connectivity index (χ1n) is 7.38. The zero-order valence-electron chi connectivity index (χ0n) is 11.6. The lowest BCUT2D eigenvalue weighted by Crippen LogP contribution is -2.36. The van der Waals surface area contributed by atoms with Gasteiger partial charge >= 0.3 is 0 Å². The Morgan fingerprint density at radius 1 is 1.26 bits per heavy atom. The van der Waals surface area contributed by atoms with Gasteiger partial charge in [-0.25, -0.2) is 4.39 Å². The highest BCUT2D eigenvalue weighted by molar-refractivity contribution is 9.10. The Kier molecular flexibility index (Phi) is 5.83. The van der Waals surface area contributed by atoms with E-state index in [1.807, 2.05) is 6.07 Å². The van der Waals surface area contributed by atoms with Crippen molar-refractivity contribution in [3.63, 3.8) is 0 Å². The predicted molar refractivity (Wildman–Crippen MR) is 81.8 cm³/mol. The van der Waals surface area contributed by atoms with E-state index in [1.54, 1.807) is 12.1 Å². The van der Waals surface area contributed by atoms with Crippen LogP contribution in [-0.2, 0) is 6.42 Å². The highest BCUT2D eigenvalue weighted by Gasteiger charge is 2.24. The van der Waals surface area contributed by atoms with Gasteiger partial charge in [-0.15, -0.1) is 0 Å². The van der Waals surface area contributed by atoms with Crippen molar-refractivity contribution < 1.29 is 4.39 Å². The summed E-state index contributed by atoms with van der Waals surface area (Å²) in [6, 6.07) is 5.82. The number of halogens is 2. The molecule has 0 spiro atoms. The summed E-state index contributed by atoms with van der Waals surface area (Å²) in [5, 5.41) is 3.59. The van der Waals surface area contributed by atoms with Gasteiger partial charge in [0.15, 0.2) is 0 Å². The van der Waals surface area contributed by atoms with Crippen molar-refractivity contribution in [2.75, 3.05) is 6.54 Å². The molecule has 19 heavy (non-hydrogen) atoms. The number of benzene rings is 1. The molecule has 0 saturated heterocycles. The van der Waals surface area contributed by atoms with E-state index in [2.05, 4.69) is 28.2 Å². The van der Waals surface area contributed by atoms with Crippen molar-refractivity contribution in [1.29, 1.82) is 0 Å². The van der Waals surface area contributed by atoms with Crippen LogP contribution in [0.4, 0.5) is 4.39 Å². The van der Waals surface area contributed by atoms with Gasteiger partial charge in [0.1, 0.15) is 5.82 Å². The fourth-order valence-corrected chi connectivity index (χ4v) is 3.55. The summed E-state index contributed by atoms with van der Waals surface area (Å²) in [5.74, 6) is 0.494. The average molecular weight is 328 g/mol. The molecule has 0 amide bonds. The Labute approximate surface area is 124 Å². The third-order valence-corrected chi connectivity index (χ3v) is 4.61. The molecule has 1 fully saturated rings. The number of hydrogen-bond donors (Lipinski definition) is 1. The topological polar surface area (TPSA) is 12.0 Å². The Morgan fingerprint density at radius 3 is 2.84 bits per heavy atom. The van der Waals surface area contributed by atoms with Gasteiger partial charge in [-0.2, -0.15) is 0 Å². The molecule has 1 aromatic carbocycles. The zero-order chi connectivity index (χ0) is 13.7. The van der Waals surface area contributed by atoms with Gasteiger partial charge in [0.25, 0.3) is 0 Å².